The van der Waals surface area contributed by atoms with E-state index in [2.05, 4.69) is 39.9 Å². The SMILES string of the molecule is CN(c1cc(N(C)C2CCOC2)ncn1)C1CCOC1. The molecule has 0 N–H and O–H groups in total. The van der Waals surface area contributed by atoms with Gasteiger partial charge in [0.2, 0.25) is 0 Å². The molecule has 0 bridgehead atoms. The number of anilines is 2. The van der Waals surface area contributed by atoms with Gasteiger partial charge in [-0.15, -0.1) is 0 Å². The Labute approximate surface area is 119 Å². The van der Waals surface area contributed by atoms with Crippen molar-refractivity contribution in [1.29, 1.82) is 0 Å². The third-order valence-electron chi connectivity index (χ3n) is 4.27. The van der Waals surface area contributed by atoms with Gasteiger partial charge in [-0.05, 0) is 12.8 Å². The van der Waals surface area contributed by atoms with Gasteiger partial charge in [-0.3, -0.25) is 0 Å². The van der Waals surface area contributed by atoms with E-state index in [1.807, 2.05) is 0 Å². The molecule has 1 aromatic heterocycles. The summed E-state index contributed by atoms with van der Waals surface area (Å²) in [7, 11) is 4.15. The zero-order chi connectivity index (χ0) is 13.9. The zero-order valence-electron chi connectivity index (χ0n) is 12.2. The maximum Gasteiger partial charge on any atom is 0.134 e. The van der Waals surface area contributed by atoms with Crippen LogP contribution in [0, 0.1) is 0 Å². The Morgan fingerprint density at radius 1 is 0.950 bits per heavy atom. The van der Waals surface area contributed by atoms with Crippen molar-refractivity contribution < 1.29 is 9.47 Å². The van der Waals surface area contributed by atoms with Gasteiger partial charge in [-0.25, -0.2) is 9.97 Å². The monoisotopic (exact) mass is 278 g/mol. The summed E-state index contributed by atoms with van der Waals surface area (Å²) in [6.45, 7) is 3.24. The Hall–Kier alpha value is -1.40. The summed E-state index contributed by atoms with van der Waals surface area (Å²) in [6, 6.07) is 2.88. The molecule has 0 amide bonds. The first-order chi connectivity index (χ1) is 9.75. The normalized spacial score (nSPS) is 25.9. The molecule has 2 saturated heterocycles. The van der Waals surface area contributed by atoms with E-state index < -0.39 is 0 Å². The Kier molecular flexibility index (Phi) is 4.03. The lowest BCUT2D eigenvalue weighted by Gasteiger charge is -2.27. The predicted molar refractivity (Wildman–Crippen MR) is 77.3 cm³/mol. The number of rotatable bonds is 4. The standard InChI is InChI=1S/C14H22N4O2/c1-17(11-3-5-19-8-11)13-7-14(16-10-15-13)18(2)12-4-6-20-9-12/h7,10-12H,3-6,8-9H2,1-2H3. The van der Waals surface area contributed by atoms with Gasteiger partial charge < -0.3 is 19.3 Å². The van der Waals surface area contributed by atoms with Crippen LogP contribution in [0.15, 0.2) is 12.4 Å². The minimum absolute atomic E-state index is 0.415. The van der Waals surface area contributed by atoms with Crippen LogP contribution >= 0.6 is 0 Å². The molecule has 0 saturated carbocycles. The van der Waals surface area contributed by atoms with E-state index in [9.17, 15) is 0 Å². The molecule has 2 fully saturated rings. The fourth-order valence-corrected chi connectivity index (χ4v) is 2.75. The number of aromatic nitrogens is 2. The van der Waals surface area contributed by atoms with Crippen molar-refractivity contribution in [2.75, 3.05) is 50.3 Å². The molecule has 20 heavy (non-hydrogen) atoms. The highest BCUT2D eigenvalue weighted by Crippen LogP contribution is 2.23. The van der Waals surface area contributed by atoms with E-state index in [1.165, 1.54) is 0 Å². The molecule has 0 spiro atoms. The summed E-state index contributed by atoms with van der Waals surface area (Å²) < 4.78 is 10.9. The largest absolute Gasteiger partial charge is 0.379 e. The second kappa shape index (κ2) is 5.93. The Bertz CT molecular complexity index is 407. The van der Waals surface area contributed by atoms with Crippen LogP contribution < -0.4 is 9.80 Å². The van der Waals surface area contributed by atoms with E-state index in [0.29, 0.717) is 12.1 Å². The van der Waals surface area contributed by atoms with Gasteiger partial charge in [0, 0.05) is 33.4 Å². The summed E-state index contributed by atoms with van der Waals surface area (Å²) in [5.74, 6) is 1.91. The maximum atomic E-state index is 5.45. The highest BCUT2D eigenvalue weighted by molar-refractivity contribution is 5.50. The van der Waals surface area contributed by atoms with Gasteiger partial charge in [0.15, 0.2) is 0 Å². The fraction of sp³-hybridized carbons (Fsp3) is 0.714. The number of nitrogens with zero attached hydrogens (tertiary/aromatic N) is 4. The molecule has 0 radical (unpaired) electrons. The van der Waals surface area contributed by atoms with E-state index in [0.717, 1.165) is 50.9 Å². The molecule has 3 heterocycles. The first-order valence-corrected chi connectivity index (χ1v) is 7.19. The molecule has 110 valence electrons. The highest BCUT2D eigenvalue weighted by atomic mass is 16.5. The van der Waals surface area contributed by atoms with E-state index in [-0.39, 0.29) is 0 Å². The lowest BCUT2D eigenvalue weighted by Crippen LogP contribution is -2.34. The molecule has 2 atom stereocenters. The number of hydrogen-bond donors (Lipinski definition) is 0. The number of hydrogen-bond acceptors (Lipinski definition) is 6. The van der Waals surface area contributed by atoms with Crippen molar-refractivity contribution in [3.63, 3.8) is 0 Å². The van der Waals surface area contributed by atoms with Gasteiger partial charge in [-0.1, -0.05) is 0 Å². The van der Waals surface area contributed by atoms with Crippen LogP contribution in [-0.2, 0) is 9.47 Å². The first kappa shape index (κ1) is 13.6. The third kappa shape index (κ3) is 2.71. The molecule has 3 rings (SSSR count). The maximum absolute atomic E-state index is 5.45. The van der Waals surface area contributed by atoms with Gasteiger partial charge in [0.25, 0.3) is 0 Å². The average molecular weight is 278 g/mol. The average Bonchev–Trinajstić information content (AvgIpc) is 3.18. The van der Waals surface area contributed by atoms with Crippen molar-refractivity contribution in [3.05, 3.63) is 12.4 Å². The van der Waals surface area contributed by atoms with Crippen LogP contribution in [-0.4, -0.2) is 62.6 Å². The second-order valence-electron chi connectivity index (χ2n) is 5.49. The van der Waals surface area contributed by atoms with E-state index in [1.54, 1.807) is 6.33 Å². The lowest BCUT2D eigenvalue weighted by atomic mass is 10.2. The van der Waals surface area contributed by atoms with Crippen LogP contribution in [0.2, 0.25) is 0 Å². The quantitative estimate of drug-likeness (QED) is 0.816. The Morgan fingerprint density at radius 3 is 1.85 bits per heavy atom. The minimum atomic E-state index is 0.415. The summed E-state index contributed by atoms with van der Waals surface area (Å²) >= 11 is 0. The number of likely N-dealkylation sites (N-methyl/N-ethyl adjacent to an activating group) is 2. The summed E-state index contributed by atoms with van der Waals surface area (Å²) in [4.78, 5) is 13.2. The molecule has 2 aliphatic heterocycles. The fourth-order valence-electron chi connectivity index (χ4n) is 2.75. The highest BCUT2D eigenvalue weighted by Gasteiger charge is 2.24. The second-order valence-corrected chi connectivity index (χ2v) is 5.49. The van der Waals surface area contributed by atoms with Crippen molar-refractivity contribution in [1.82, 2.24) is 9.97 Å². The minimum Gasteiger partial charge on any atom is -0.379 e. The van der Waals surface area contributed by atoms with Crippen molar-refractivity contribution in [2.45, 2.75) is 24.9 Å². The van der Waals surface area contributed by atoms with Crippen molar-refractivity contribution >= 4 is 11.6 Å². The van der Waals surface area contributed by atoms with Crippen LogP contribution in [0.1, 0.15) is 12.8 Å². The molecule has 6 heteroatoms. The van der Waals surface area contributed by atoms with Gasteiger partial charge in [-0.2, -0.15) is 0 Å². The summed E-state index contributed by atoms with van der Waals surface area (Å²) in [5.41, 5.74) is 0. The molecule has 0 aliphatic carbocycles. The zero-order valence-corrected chi connectivity index (χ0v) is 12.2. The molecule has 6 nitrogen and oxygen atoms in total. The van der Waals surface area contributed by atoms with Crippen molar-refractivity contribution in [2.24, 2.45) is 0 Å². The first-order valence-electron chi connectivity index (χ1n) is 7.19. The Balaban J connectivity index is 1.74. The van der Waals surface area contributed by atoms with Crippen LogP contribution in [0.25, 0.3) is 0 Å². The van der Waals surface area contributed by atoms with Crippen LogP contribution in [0.5, 0.6) is 0 Å². The Morgan fingerprint density at radius 2 is 1.45 bits per heavy atom. The molecule has 2 unspecified atom stereocenters. The van der Waals surface area contributed by atoms with E-state index >= 15 is 0 Å². The van der Waals surface area contributed by atoms with Gasteiger partial charge >= 0.3 is 0 Å². The molecule has 1 aromatic rings. The third-order valence-corrected chi connectivity index (χ3v) is 4.27. The van der Waals surface area contributed by atoms with Crippen molar-refractivity contribution in [3.8, 4) is 0 Å². The lowest BCUT2D eigenvalue weighted by molar-refractivity contribution is 0.193. The summed E-state index contributed by atoms with van der Waals surface area (Å²) in [5, 5.41) is 0. The predicted octanol–water partition coefficient (Wildman–Crippen LogP) is 0.927. The number of ether oxygens (including phenoxy) is 2. The smallest absolute Gasteiger partial charge is 0.134 e. The topological polar surface area (TPSA) is 50.7 Å². The van der Waals surface area contributed by atoms with Crippen LogP contribution in [0.4, 0.5) is 11.6 Å². The van der Waals surface area contributed by atoms with E-state index in [4.69, 9.17) is 9.47 Å². The molecular formula is C14H22N4O2. The van der Waals surface area contributed by atoms with Gasteiger partial charge in [0.1, 0.15) is 18.0 Å². The molecule has 2 aliphatic rings. The molecular weight excluding hydrogens is 256 g/mol. The van der Waals surface area contributed by atoms with Crippen LogP contribution in [0.3, 0.4) is 0 Å². The summed E-state index contributed by atoms with van der Waals surface area (Å²) in [6.07, 6.45) is 3.76. The van der Waals surface area contributed by atoms with Gasteiger partial charge in [0.05, 0.1) is 25.3 Å². The molecule has 0 aromatic carbocycles.